The van der Waals surface area contributed by atoms with Gasteiger partial charge in [0.1, 0.15) is 22.9 Å². The topological polar surface area (TPSA) is 130 Å². The predicted octanol–water partition coefficient (Wildman–Crippen LogP) is 5.72. The monoisotopic (exact) mass is 608 g/mol. The Kier molecular flexibility index (Phi) is 11.0. The van der Waals surface area contributed by atoms with E-state index in [2.05, 4.69) is 21.3 Å². The first-order valence-corrected chi connectivity index (χ1v) is 15.8. The van der Waals surface area contributed by atoms with Gasteiger partial charge in [0.25, 0.3) is 23.6 Å². The summed E-state index contributed by atoms with van der Waals surface area (Å²) in [6.07, 6.45) is 13.0. The van der Waals surface area contributed by atoms with E-state index in [4.69, 9.17) is 4.42 Å². The molecule has 4 N–H and O–H groups in total. The number of furan rings is 1. The smallest absolute Gasteiger partial charge is 0.268 e. The summed E-state index contributed by atoms with van der Waals surface area (Å²) in [6, 6.07) is 20.7. The minimum absolute atomic E-state index is 0.0387. The summed E-state index contributed by atoms with van der Waals surface area (Å²) in [5.74, 6) is -1.05. The molecule has 1 heterocycles. The molecule has 4 amide bonds. The van der Waals surface area contributed by atoms with Crippen LogP contribution in [0.1, 0.15) is 96.4 Å². The zero-order chi connectivity index (χ0) is 31.4. The Bertz CT molecular complexity index is 1420. The molecule has 0 saturated heterocycles. The van der Waals surface area contributed by atoms with E-state index in [0.29, 0.717) is 22.6 Å². The molecule has 9 nitrogen and oxygen atoms in total. The van der Waals surface area contributed by atoms with E-state index in [1.165, 1.54) is 12.2 Å². The average Bonchev–Trinajstić information content (AvgIpc) is 3.52. The molecule has 2 aliphatic rings. The van der Waals surface area contributed by atoms with Crippen LogP contribution in [0.5, 0.6) is 0 Å². The average molecular weight is 609 g/mol. The van der Waals surface area contributed by atoms with Gasteiger partial charge >= 0.3 is 0 Å². The van der Waals surface area contributed by atoms with Crippen molar-refractivity contribution in [3.63, 3.8) is 0 Å². The standard InChI is InChI=1S/C36H40N4O5/c41-33(25-13-5-1-6-14-25)39-31(35(43)37-27-17-9-3-10-18-27)23-29-21-22-30(45-29)24-32(36(44)38-28-19-11-4-12-20-28)40-34(42)26-15-7-2-8-16-26/h1-2,5-8,13-16,21-24,27-28H,3-4,9-12,17-20H2,(H,37,43)(H,38,44)(H,39,41)(H,40,42)/b31-23+,32-24+. The molecular formula is C36H40N4O5. The molecule has 0 unspecified atom stereocenters. The first kappa shape index (κ1) is 31.5. The molecule has 2 aliphatic carbocycles. The van der Waals surface area contributed by atoms with E-state index in [9.17, 15) is 19.2 Å². The summed E-state index contributed by atoms with van der Waals surface area (Å²) >= 11 is 0. The van der Waals surface area contributed by atoms with Gasteiger partial charge in [0, 0.05) is 35.4 Å². The number of hydrogen-bond acceptors (Lipinski definition) is 5. The fourth-order valence-corrected chi connectivity index (χ4v) is 5.71. The van der Waals surface area contributed by atoms with Gasteiger partial charge in [-0.15, -0.1) is 0 Å². The van der Waals surface area contributed by atoms with Crippen molar-refractivity contribution in [2.45, 2.75) is 76.3 Å². The second-order valence-electron chi connectivity index (χ2n) is 11.6. The van der Waals surface area contributed by atoms with Crippen molar-refractivity contribution in [1.82, 2.24) is 21.3 Å². The molecular weight excluding hydrogens is 568 g/mol. The molecule has 1 aromatic heterocycles. The molecule has 45 heavy (non-hydrogen) atoms. The molecule has 0 bridgehead atoms. The fraction of sp³-hybridized carbons (Fsp3) is 0.333. The summed E-state index contributed by atoms with van der Waals surface area (Å²) in [5, 5.41) is 11.6. The quantitative estimate of drug-likeness (QED) is 0.219. The van der Waals surface area contributed by atoms with Crippen molar-refractivity contribution >= 4 is 35.8 Å². The molecule has 5 rings (SSSR count). The number of carbonyl (C=O) groups is 4. The van der Waals surface area contributed by atoms with Gasteiger partial charge in [0.2, 0.25) is 0 Å². The van der Waals surface area contributed by atoms with Crippen LogP contribution >= 0.6 is 0 Å². The number of hydrogen-bond donors (Lipinski definition) is 4. The SMILES string of the molecule is O=C(NC1CCCCC1)/C(=C\c1ccc(/C=C(/NC(=O)c2ccccc2)C(=O)NC2CCCCC2)o1)NC(=O)c1ccccc1. The summed E-state index contributed by atoms with van der Waals surface area (Å²) in [4.78, 5) is 52.7. The van der Waals surface area contributed by atoms with Gasteiger partial charge in [0.05, 0.1) is 0 Å². The van der Waals surface area contributed by atoms with E-state index in [0.717, 1.165) is 64.2 Å². The number of nitrogens with one attached hydrogen (secondary N) is 4. The zero-order valence-electron chi connectivity index (χ0n) is 25.3. The normalized spacial score (nSPS) is 16.4. The third-order valence-electron chi connectivity index (χ3n) is 8.16. The predicted molar refractivity (Wildman–Crippen MR) is 173 cm³/mol. The highest BCUT2D eigenvalue weighted by Crippen LogP contribution is 2.20. The van der Waals surface area contributed by atoms with E-state index >= 15 is 0 Å². The van der Waals surface area contributed by atoms with Crippen LogP contribution in [0.2, 0.25) is 0 Å². The Morgan fingerprint density at radius 3 is 1.29 bits per heavy atom. The van der Waals surface area contributed by atoms with Crippen LogP contribution in [0.25, 0.3) is 12.2 Å². The van der Waals surface area contributed by atoms with Crippen LogP contribution in [-0.4, -0.2) is 35.7 Å². The van der Waals surface area contributed by atoms with Crippen molar-refractivity contribution in [3.8, 4) is 0 Å². The van der Waals surface area contributed by atoms with E-state index in [1.807, 2.05) is 12.1 Å². The van der Waals surface area contributed by atoms with Crippen molar-refractivity contribution in [1.29, 1.82) is 0 Å². The van der Waals surface area contributed by atoms with Gasteiger partial charge in [-0.05, 0) is 62.1 Å². The Hall–Kier alpha value is -4.92. The van der Waals surface area contributed by atoms with Crippen molar-refractivity contribution in [3.05, 3.63) is 107 Å². The lowest BCUT2D eigenvalue weighted by atomic mass is 9.95. The second-order valence-corrected chi connectivity index (χ2v) is 11.6. The maximum Gasteiger partial charge on any atom is 0.268 e. The molecule has 0 radical (unpaired) electrons. The lowest BCUT2D eigenvalue weighted by Crippen LogP contribution is -2.41. The Morgan fingerprint density at radius 2 is 0.911 bits per heavy atom. The molecule has 9 heteroatoms. The summed E-state index contributed by atoms with van der Waals surface area (Å²) in [5.41, 5.74) is 0.929. The molecule has 0 spiro atoms. The summed E-state index contributed by atoms with van der Waals surface area (Å²) in [7, 11) is 0. The number of carbonyl (C=O) groups excluding carboxylic acids is 4. The fourth-order valence-electron chi connectivity index (χ4n) is 5.71. The molecule has 2 aromatic carbocycles. The highest BCUT2D eigenvalue weighted by Gasteiger charge is 2.22. The maximum absolute atomic E-state index is 13.4. The van der Waals surface area contributed by atoms with Crippen LogP contribution in [-0.2, 0) is 9.59 Å². The lowest BCUT2D eigenvalue weighted by Gasteiger charge is -2.23. The summed E-state index contributed by atoms with van der Waals surface area (Å²) in [6.45, 7) is 0. The lowest BCUT2D eigenvalue weighted by molar-refractivity contribution is -0.119. The van der Waals surface area contributed by atoms with Crippen molar-refractivity contribution in [2.24, 2.45) is 0 Å². The highest BCUT2D eigenvalue weighted by atomic mass is 16.3. The van der Waals surface area contributed by atoms with Gasteiger partial charge in [-0.25, -0.2) is 0 Å². The van der Waals surface area contributed by atoms with Crippen LogP contribution in [0, 0.1) is 0 Å². The number of amides is 4. The van der Waals surface area contributed by atoms with Crippen LogP contribution < -0.4 is 21.3 Å². The van der Waals surface area contributed by atoms with Gasteiger partial charge in [-0.1, -0.05) is 74.9 Å². The summed E-state index contributed by atoms with van der Waals surface area (Å²) < 4.78 is 5.98. The Labute approximate surface area is 263 Å². The van der Waals surface area contributed by atoms with Crippen LogP contribution in [0.15, 0.2) is 88.6 Å². The number of benzene rings is 2. The van der Waals surface area contributed by atoms with Crippen LogP contribution in [0.4, 0.5) is 0 Å². The minimum Gasteiger partial charge on any atom is -0.457 e. The van der Waals surface area contributed by atoms with Gasteiger partial charge in [0.15, 0.2) is 0 Å². The first-order valence-electron chi connectivity index (χ1n) is 15.8. The number of rotatable bonds is 10. The molecule has 2 saturated carbocycles. The molecule has 0 atom stereocenters. The second kappa shape index (κ2) is 15.7. The minimum atomic E-state index is -0.419. The van der Waals surface area contributed by atoms with Gasteiger partial charge in [-0.2, -0.15) is 0 Å². The zero-order valence-corrected chi connectivity index (χ0v) is 25.3. The molecule has 234 valence electrons. The van der Waals surface area contributed by atoms with Crippen molar-refractivity contribution < 1.29 is 23.6 Å². The van der Waals surface area contributed by atoms with Gasteiger partial charge in [-0.3, -0.25) is 19.2 Å². The maximum atomic E-state index is 13.4. The third-order valence-corrected chi connectivity index (χ3v) is 8.16. The Balaban J connectivity index is 1.39. The van der Waals surface area contributed by atoms with Gasteiger partial charge < -0.3 is 25.7 Å². The largest absolute Gasteiger partial charge is 0.457 e. The Morgan fingerprint density at radius 1 is 0.533 bits per heavy atom. The molecule has 0 aliphatic heterocycles. The molecule has 3 aromatic rings. The van der Waals surface area contributed by atoms with Crippen LogP contribution in [0.3, 0.4) is 0 Å². The van der Waals surface area contributed by atoms with E-state index < -0.39 is 23.6 Å². The first-order chi connectivity index (χ1) is 21.9. The third kappa shape index (κ3) is 9.28. The van der Waals surface area contributed by atoms with E-state index in [-0.39, 0.29) is 23.5 Å². The van der Waals surface area contributed by atoms with Crippen molar-refractivity contribution in [2.75, 3.05) is 0 Å². The van der Waals surface area contributed by atoms with E-state index in [1.54, 1.807) is 60.7 Å². The molecule has 2 fully saturated rings. The highest BCUT2D eigenvalue weighted by molar-refractivity contribution is 6.06.